The van der Waals surface area contributed by atoms with E-state index in [0.29, 0.717) is 27.9 Å². The Morgan fingerprint density at radius 2 is 1.97 bits per heavy atom. The summed E-state index contributed by atoms with van der Waals surface area (Å²) < 4.78 is 6.38. The van der Waals surface area contributed by atoms with E-state index in [1.54, 1.807) is 30.3 Å². The summed E-state index contributed by atoms with van der Waals surface area (Å²) in [5.74, 6) is 0.298. The van der Waals surface area contributed by atoms with Gasteiger partial charge in [-0.25, -0.2) is 4.98 Å². The highest BCUT2D eigenvalue weighted by atomic mass is 32.1. The molecule has 0 unspecified atom stereocenters. The monoisotopic (exact) mass is 466 g/mol. The normalized spacial score (nSPS) is 11.2. The number of nitrogens with zero attached hydrogens (tertiary/aromatic N) is 4. The maximum atomic E-state index is 13.3. The summed E-state index contributed by atoms with van der Waals surface area (Å²) in [6, 6.07) is 15.6. The number of thiazole rings is 1. The third-order valence-corrected chi connectivity index (χ3v) is 6.38. The Morgan fingerprint density at radius 3 is 2.66 bits per heavy atom. The number of carbonyl (C=O) groups excluding carboxylic acids is 1. The molecule has 4 aromatic rings. The molecule has 0 N–H and O–H groups in total. The van der Waals surface area contributed by atoms with Crippen LogP contribution in [0.25, 0.3) is 10.2 Å². The molecule has 0 atom stereocenters. The van der Waals surface area contributed by atoms with Crippen LogP contribution in [-0.2, 0) is 0 Å². The lowest BCUT2D eigenvalue weighted by Gasteiger charge is -2.14. The minimum atomic E-state index is -0.458. The molecule has 162 valence electrons. The first-order valence-corrected chi connectivity index (χ1v) is 11.3. The average molecular weight is 467 g/mol. The number of aryl methyl sites for hydroxylation is 1. The number of benzene rings is 2. The molecule has 0 saturated carbocycles. The van der Waals surface area contributed by atoms with Crippen LogP contribution >= 0.6 is 22.7 Å². The highest BCUT2D eigenvalue weighted by molar-refractivity contribution is 7.22. The van der Waals surface area contributed by atoms with Gasteiger partial charge in [-0.1, -0.05) is 28.7 Å². The Labute approximate surface area is 191 Å². The molecule has 1 amide bonds. The van der Waals surface area contributed by atoms with Crippen LogP contribution in [0.3, 0.4) is 0 Å². The van der Waals surface area contributed by atoms with Gasteiger partial charge in [0.1, 0.15) is 5.75 Å². The predicted octanol–water partition coefficient (Wildman–Crippen LogP) is 5.65. The van der Waals surface area contributed by atoms with Crippen molar-refractivity contribution in [1.29, 1.82) is 0 Å². The van der Waals surface area contributed by atoms with E-state index in [4.69, 9.17) is 4.74 Å². The van der Waals surface area contributed by atoms with E-state index in [9.17, 15) is 14.9 Å². The molecule has 0 saturated heterocycles. The van der Waals surface area contributed by atoms with Crippen molar-refractivity contribution in [1.82, 2.24) is 4.98 Å². The van der Waals surface area contributed by atoms with E-state index in [2.05, 4.69) is 10.1 Å². The van der Waals surface area contributed by atoms with Crippen molar-refractivity contribution in [3.8, 4) is 5.75 Å². The molecule has 2 heterocycles. The zero-order chi connectivity index (χ0) is 22.7. The van der Waals surface area contributed by atoms with Crippen LogP contribution in [0.4, 0.5) is 10.1 Å². The Hall–Kier alpha value is -3.63. The molecule has 32 heavy (non-hydrogen) atoms. The lowest BCUT2D eigenvalue weighted by atomic mass is 10.2. The zero-order valence-corrected chi connectivity index (χ0v) is 18.9. The average Bonchev–Trinajstić information content (AvgIpc) is 3.41. The summed E-state index contributed by atoms with van der Waals surface area (Å²) in [5.41, 5.74) is 2.27. The van der Waals surface area contributed by atoms with E-state index < -0.39 is 4.92 Å². The smallest absolute Gasteiger partial charge is 0.324 e. The molecular formula is C22H18N4O4S2. The first-order valence-electron chi connectivity index (χ1n) is 9.67. The summed E-state index contributed by atoms with van der Waals surface area (Å²) in [4.78, 5) is 29.0. The van der Waals surface area contributed by atoms with Gasteiger partial charge in [0.25, 0.3) is 5.91 Å². The lowest BCUT2D eigenvalue weighted by Crippen LogP contribution is -2.25. The number of aromatic nitrogens is 1. The quantitative estimate of drug-likeness (QED) is 0.199. The molecule has 0 aliphatic rings. The van der Waals surface area contributed by atoms with Gasteiger partial charge in [0, 0.05) is 11.6 Å². The second-order valence-electron chi connectivity index (χ2n) is 6.72. The number of thiophene rings is 1. The van der Waals surface area contributed by atoms with Gasteiger partial charge in [-0.3, -0.25) is 14.9 Å². The number of carbonyl (C=O) groups is 1. The Morgan fingerprint density at radius 1 is 1.19 bits per heavy atom. The molecule has 2 aromatic carbocycles. The second-order valence-corrected chi connectivity index (χ2v) is 8.82. The van der Waals surface area contributed by atoms with Crippen molar-refractivity contribution in [3.63, 3.8) is 0 Å². The number of amides is 1. The van der Waals surface area contributed by atoms with E-state index >= 15 is 0 Å². The Kier molecular flexibility index (Phi) is 6.24. The molecule has 4 rings (SSSR count). The molecule has 0 spiro atoms. The Balaban J connectivity index is 1.71. The van der Waals surface area contributed by atoms with E-state index in [1.165, 1.54) is 28.6 Å². The van der Waals surface area contributed by atoms with Crippen LogP contribution in [0, 0.1) is 17.0 Å². The van der Waals surface area contributed by atoms with Gasteiger partial charge in [0.05, 0.1) is 32.8 Å². The van der Waals surface area contributed by atoms with Gasteiger partial charge >= 0.3 is 5.00 Å². The first kappa shape index (κ1) is 21.6. The van der Waals surface area contributed by atoms with E-state index in [0.717, 1.165) is 27.1 Å². The molecule has 2 aromatic heterocycles. The maximum absolute atomic E-state index is 13.3. The minimum Gasteiger partial charge on any atom is -0.494 e. The SMILES string of the molecule is CCOc1ccc(C(=O)N(/N=C/c2ccc([N+](=O)[O-])s2)c2nc3ccc(C)cc3s2)cc1. The summed E-state index contributed by atoms with van der Waals surface area (Å²) >= 11 is 2.33. The van der Waals surface area contributed by atoms with Crippen molar-refractivity contribution < 1.29 is 14.5 Å². The fourth-order valence-corrected chi connectivity index (χ4v) is 4.61. The Bertz CT molecular complexity index is 1310. The van der Waals surface area contributed by atoms with E-state index in [-0.39, 0.29) is 10.9 Å². The first-order chi connectivity index (χ1) is 15.4. The number of nitro groups is 1. The molecular weight excluding hydrogens is 448 g/mol. The molecule has 8 nitrogen and oxygen atoms in total. The number of fused-ring (bicyclic) bond motifs is 1. The van der Waals surface area contributed by atoms with Gasteiger partial charge in [0.15, 0.2) is 0 Å². The van der Waals surface area contributed by atoms with E-state index in [1.807, 2.05) is 32.0 Å². The number of hydrogen-bond acceptors (Lipinski definition) is 8. The van der Waals surface area contributed by atoms with Gasteiger partial charge in [0.2, 0.25) is 5.13 Å². The minimum absolute atomic E-state index is 0.00583. The lowest BCUT2D eigenvalue weighted by molar-refractivity contribution is -0.380. The van der Waals surface area contributed by atoms with Crippen molar-refractivity contribution in [3.05, 3.63) is 80.7 Å². The fourth-order valence-electron chi connectivity index (χ4n) is 2.91. The molecule has 10 heteroatoms. The van der Waals surface area contributed by atoms with Crippen molar-refractivity contribution in [2.75, 3.05) is 11.6 Å². The molecule has 0 aliphatic carbocycles. The number of ether oxygens (including phenoxy) is 1. The fraction of sp³-hybridized carbons (Fsp3) is 0.136. The number of hydrazone groups is 1. The molecule has 0 fully saturated rings. The largest absolute Gasteiger partial charge is 0.494 e. The highest BCUT2D eigenvalue weighted by Crippen LogP contribution is 2.31. The van der Waals surface area contributed by atoms with Crippen molar-refractivity contribution in [2.24, 2.45) is 5.10 Å². The van der Waals surface area contributed by atoms with Crippen LogP contribution in [0.5, 0.6) is 5.75 Å². The second kappa shape index (κ2) is 9.25. The van der Waals surface area contributed by atoms with Crippen LogP contribution in [0.15, 0.2) is 59.7 Å². The van der Waals surface area contributed by atoms with Crippen LogP contribution in [0.2, 0.25) is 0 Å². The van der Waals surface area contributed by atoms with Crippen molar-refractivity contribution in [2.45, 2.75) is 13.8 Å². The van der Waals surface area contributed by atoms with Crippen LogP contribution in [-0.4, -0.2) is 28.6 Å². The summed E-state index contributed by atoms with van der Waals surface area (Å²) in [7, 11) is 0. The summed E-state index contributed by atoms with van der Waals surface area (Å²) in [6.07, 6.45) is 1.43. The number of anilines is 1. The topological polar surface area (TPSA) is 97.9 Å². The standard InChI is InChI=1S/C22H18N4O4S2/c1-3-30-16-7-5-15(6-8-16)21(27)25(23-13-17-9-11-20(31-17)26(28)29)22-24-18-10-4-14(2)12-19(18)32-22/h4-13H,3H2,1-2H3/b23-13+. The van der Waals surface area contributed by atoms with Gasteiger partial charge in [-0.05, 0) is 61.9 Å². The number of rotatable bonds is 7. The maximum Gasteiger partial charge on any atom is 0.324 e. The van der Waals surface area contributed by atoms with Gasteiger partial charge in [-0.2, -0.15) is 10.1 Å². The highest BCUT2D eigenvalue weighted by Gasteiger charge is 2.21. The summed E-state index contributed by atoms with van der Waals surface area (Å²) in [5, 5.41) is 16.9. The van der Waals surface area contributed by atoms with Crippen LogP contribution in [0.1, 0.15) is 27.7 Å². The predicted molar refractivity (Wildman–Crippen MR) is 127 cm³/mol. The molecule has 0 aliphatic heterocycles. The van der Waals surface area contributed by atoms with Gasteiger partial charge in [-0.15, -0.1) is 0 Å². The third-order valence-electron chi connectivity index (χ3n) is 4.41. The third kappa shape index (κ3) is 4.66. The van der Waals surface area contributed by atoms with Gasteiger partial charge < -0.3 is 4.74 Å². The van der Waals surface area contributed by atoms with Crippen LogP contribution < -0.4 is 9.75 Å². The molecule has 0 bridgehead atoms. The summed E-state index contributed by atoms with van der Waals surface area (Å²) in [6.45, 7) is 4.41. The zero-order valence-electron chi connectivity index (χ0n) is 17.2. The van der Waals surface area contributed by atoms with Crippen molar-refractivity contribution >= 4 is 55.1 Å². The molecule has 0 radical (unpaired) electrons. The number of hydrogen-bond donors (Lipinski definition) is 0.